The van der Waals surface area contributed by atoms with E-state index in [1.807, 2.05) is 18.2 Å². The van der Waals surface area contributed by atoms with Crippen molar-refractivity contribution in [3.8, 4) is 0 Å². The fourth-order valence-corrected chi connectivity index (χ4v) is 2.85. The molecule has 0 bridgehead atoms. The van der Waals surface area contributed by atoms with Crippen LogP contribution < -0.4 is 10.6 Å². The quantitative estimate of drug-likeness (QED) is 0.831. The van der Waals surface area contributed by atoms with Gasteiger partial charge >= 0.3 is 0 Å². The lowest BCUT2D eigenvalue weighted by Crippen LogP contribution is -2.67. The van der Waals surface area contributed by atoms with Crippen LogP contribution in [-0.4, -0.2) is 12.6 Å². The van der Waals surface area contributed by atoms with Crippen molar-refractivity contribution < 1.29 is 5.73 Å². The molecule has 1 unspecified atom stereocenters. The van der Waals surface area contributed by atoms with Crippen LogP contribution in [0.1, 0.15) is 11.1 Å². The maximum atomic E-state index is 7.14. The molecule has 2 aromatic rings. The minimum Gasteiger partial charge on any atom is -0.361 e. The fourth-order valence-electron chi connectivity index (χ4n) is 2.85. The van der Waals surface area contributed by atoms with Gasteiger partial charge in [0.15, 0.2) is 5.69 Å². The van der Waals surface area contributed by atoms with Gasteiger partial charge in [-0.1, -0.05) is 42.5 Å². The van der Waals surface area contributed by atoms with Crippen LogP contribution in [0.2, 0.25) is 0 Å². The second-order valence-electron chi connectivity index (χ2n) is 5.36. The van der Waals surface area contributed by atoms with Gasteiger partial charge in [-0.25, -0.2) is 4.85 Å². The van der Waals surface area contributed by atoms with Crippen molar-refractivity contribution in [3.63, 3.8) is 0 Å². The molecule has 0 aliphatic carbocycles. The van der Waals surface area contributed by atoms with Gasteiger partial charge in [0, 0.05) is 18.7 Å². The first-order chi connectivity index (χ1) is 9.76. The molecule has 2 aromatic carbocycles. The van der Waals surface area contributed by atoms with Crippen molar-refractivity contribution in [2.75, 3.05) is 11.4 Å². The van der Waals surface area contributed by atoms with E-state index in [1.165, 1.54) is 16.8 Å². The Morgan fingerprint density at radius 2 is 2.00 bits per heavy atom. The minimum absolute atomic E-state index is 0.382. The highest BCUT2D eigenvalue weighted by Gasteiger charge is 2.24. The van der Waals surface area contributed by atoms with Gasteiger partial charge in [0.05, 0.1) is 13.1 Å². The third-order valence-electron chi connectivity index (χ3n) is 3.74. The van der Waals surface area contributed by atoms with Crippen LogP contribution in [0.4, 0.5) is 11.4 Å². The Morgan fingerprint density at radius 1 is 1.20 bits per heavy atom. The maximum absolute atomic E-state index is 7.14. The maximum Gasteiger partial charge on any atom is 0.187 e. The number of benzene rings is 2. The SMILES string of the molecule is [C-]#[N+]c1ccc2c(c1)CC([NH3+])CN2Cc1ccccc1. The lowest BCUT2D eigenvalue weighted by atomic mass is 9.97. The summed E-state index contributed by atoms with van der Waals surface area (Å²) in [7, 11) is 0. The molecule has 1 atom stereocenters. The molecule has 0 radical (unpaired) electrons. The molecule has 1 aliphatic heterocycles. The van der Waals surface area contributed by atoms with E-state index in [0.717, 1.165) is 25.2 Å². The van der Waals surface area contributed by atoms with E-state index >= 15 is 0 Å². The highest BCUT2D eigenvalue weighted by Crippen LogP contribution is 2.31. The van der Waals surface area contributed by atoms with Crippen LogP contribution >= 0.6 is 0 Å². The second-order valence-corrected chi connectivity index (χ2v) is 5.36. The molecule has 3 N–H and O–H groups in total. The highest BCUT2D eigenvalue weighted by molar-refractivity contribution is 5.63. The predicted molar refractivity (Wildman–Crippen MR) is 80.6 cm³/mol. The summed E-state index contributed by atoms with van der Waals surface area (Å²) >= 11 is 0. The summed E-state index contributed by atoms with van der Waals surface area (Å²) in [6.07, 6.45) is 0.962. The number of rotatable bonds is 2. The first kappa shape index (κ1) is 12.7. The first-order valence-electron chi connectivity index (χ1n) is 6.88. The molecule has 3 heteroatoms. The number of nitrogens with zero attached hydrogens (tertiary/aromatic N) is 2. The van der Waals surface area contributed by atoms with Gasteiger partial charge in [0.1, 0.15) is 6.04 Å². The van der Waals surface area contributed by atoms with E-state index in [9.17, 15) is 0 Å². The lowest BCUT2D eigenvalue weighted by Gasteiger charge is -2.33. The van der Waals surface area contributed by atoms with Crippen molar-refractivity contribution in [2.24, 2.45) is 0 Å². The topological polar surface area (TPSA) is 35.2 Å². The van der Waals surface area contributed by atoms with Gasteiger partial charge in [-0.05, 0) is 17.2 Å². The Kier molecular flexibility index (Phi) is 3.41. The molecule has 100 valence electrons. The molecule has 0 aromatic heterocycles. The summed E-state index contributed by atoms with van der Waals surface area (Å²) in [6, 6.07) is 16.9. The van der Waals surface area contributed by atoms with Crippen molar-refractivity contribution in [1.82, 2.24) is 0 Å². The van der Waals surface area contributed by atoms with Crippen LogP contribution in [0.15, 0.2) is 48.5 Å². The van der Waals surface area contributed by atoms with Gasteiger partial charge in [-0.3, -0.25) is 0 Å². The molecule has 0 spiro atoms. The summed E-state index contributed by atoms with van der Waals surface area (Å²) in [5, 5.41) is 0. The van der Waals surface area contributed by atoms with Crippen LogP contribution in [0, 0.1) is 6.57 Å². The number of hydrogen-bond donors (Lipinski definition) is 1. The van der Waals surface area contributed by atoms with Gasteiger partial charge in [0.2, 0.25) is 0 Å². The monoisotopic (exact) mass is 264 g/mol. The van der Waals surface area contributed by atoms with E-state index < -0.39 is 0 Å². The number of fused-ring (bicyclic) bond motifs is 1. The Balaban J connectivity index is 1.92. The minimum atomic E-state index is 0.382. The zero-order valence-corrected chi connectivity index (χ0v) is 11.4. The molecule has 3 rings (SSSR count). The molecule has 1 aliphatic rings. The van der Waals surface area contributed by atoms with E-state index in [1.54, 1.807) is 0 Å². The largest absolute Gasteiger partial charge is 0.361 e. The van der Waals surface area contributed by atoms with E-state index in [2.05, 4.69) is 45.8 Å². The molecule has 0 saturated heterocycles. The normalized spacial score (nSPS) is 17.4. The molecule has 0 fully saturated rings. The Morgan fingerprint density at radius 3 is 2.75 bits per heavy atom. The van der Waals surface area contributed by atoms with Crippen molar-refractivity contribution in [2.45, 2.75) is 19.0 Å². The van der Waals surface area contributed by atoms with Crippen molar-refractivity contribution >= 4 is 11.4 Å². The summed E-state index contributed by atoms with van der Waals surface area (Å²) < 4.78 is 0. The zero-order chi connectivity index (χ0) is 13.9. The van der Waals surface area contributed by atoms with Crippen molar-refractivity contribution in [1.29, 1.82) is 0 Å². The predicted octanol–water partition coefficient (Wildman–Crippen LogP) is 2.41. The Hall–Kier alpha value is -2.31. The average molecular weight is 264 g/mol. The van der Waals surface area contributed by atoms with Gasteiger partial charge in [-0.15, -0.1) is 0 Å². The Labute approximate surface area is 119 Å². The number of anilines is 1. The van der Waals surface area contributed by atoms with E-state index in [4.69, 9.17) is 6.57 Å². The summed E-state index contributed by atoms with van der Waals surface area (Å²) in [5.41, 5.74) is 8.75. The van der Waals surface area contributed by atoms with E-state index in [0.29, 0.717) is 6.04 Å². The number of hydrogen-bond acceptors (Lipinski definition) is 1. The average Bonchev–Trinajstić information content (AvgIpc) is 2.47. The molecular weight excluding hydrogens is 246 g/mol. The third-order valence-corrected chi connectivity index (χ3v) is 3.74. The lowest BCUT2D eigenvalue weighted by molar-refractivity contribution is -0.416. The van der Waals surface area contributed by atoms with Crippen LogP contribution in [0.5, 0.6) is 0 Å². The molecule has 0 amide bonds. The van der Waals surface area contributed by atoms with Gasteiger partial charge < -0.3 is 10.6 Å². The molecule has 1 heterocycles. The standard InChI is InChI=1S/C17H17N3/c1-19-16-7-8-17-14(10-16)9-15(18)12-20(17)11-13-5-3-2-4-6-13/h2-8,10,15H,9,11-12,18H2/p+1. The zero-order valence-electron chi connectivity index (χ0n) is 11.4. The summed E-state index contributed by atoms with van der Waals surface area (Å²) in [5.74, 6) is 0. The molecular formula is C17H18N3+. The van der Waals surface area contributed by atoms with E-state index in [-0.39, 0.29) is 0 Å². The van der Waals surface area contributed by atoms with Crippen LogP contribution in [0.3, 0.4) is 0 Å². The van der Waals surface area contributed by atoms with Gasteiger partial charge in [0.25, 0.3) is 0 Å². The second kappa shape index (κ2) is 5.36. The molecule has 3 nitrogen and oxygen atoms in total. The summed E-state index contributed by atoms with van der Waals surface area (Å²) in [4.78, 5) is 5.90. The highest BCUT2D eigenvalue weighted by atomic mass is 15.2. The molecule has 20 heavy (non-hydrogen) atoms. The van der Waals surface area contributed by atoms with Crippen molar-refractivity contribution in [3.05, 3.63) is 71.1 Å². The number of quaternary nitrogens is 1. The van der Waals surface area contributed by atoms with Crippen LogP contribution in [-0.2, 0) is 13.0 Å². The third kappa shape index (κ3) is 2.52. The Bertz CT molecular complexity index is 643. The fraction of sp³-hybridized carbons (Fsp3) is 0.235. The molecule has 0 saturated carbocycles. The van der Waals surface area contributed by atoms with Gasteiger partial charge in [-0.2, -0.15) is 0 Å². The summed E-state index contributed by atoms with van der Waals surface area (Å²) in [6.45, 7) is 9.01. The smallest absolute Gasteiger partial charge is 0.187 e. The van der Waals surface area contributed by atoms with Crippen LogP contribution in [0.25, 0.3) is 4.85 Å². The first-order valence-corrected chi connectivity index (χ1v) is 6.88.